The molecule has 0 aliphatic rings. The fraction of sp³-hybridized carbons (Fsp3) is 0.235. The Hall–Kier alpha value is -3.33. The maximum absolute atomic E-state index is 11.7. The third kappa shape index (κ3) is 6.29. The molecule has 0 aliphatic heterocycles. The lowest BCUT2D eigenvalue weighted by molar-refractivity contribution is -0.134. The molecule has 0 unspecified atom stereocenters. The Labute approximate surface area is 150 Å². The number of carbonyl (C=O) groups excluding carboxylic acids is 2. The van der Waals surface area contributed by atoms with Gasteiger partial charge in [-0.3, -0.25) is 9.59 Å². The Balaban J connectivity index is 1.76. The van der Waals surface area contributed by atoms with Gasteiger partial charge in [-0.1, -0.05) is 18.2 Å². The number of esters is 1. The molecule has 5 N–H and O–H groups in total. The van der Waals surface area contributed by atoms with Crippen LogP contribution in [0.4, 0.5) is 17.3 Å². The second-order valence-corrected chi connectivity index (χ2v) is 5.21. The number of ether oxygens (including phenoxy) is 1. The largest absolute Gasteiger partial charge is 0.427 e. The van der Waals surface area contributed by atoms with Gasteiger partial charge in [-0.25, -0.2) is 4.98 Å². The van der Waals surface area contributed by atoms with Gasteiger partial charge in [-0.2, -0.15) is 10.2 Å². The molecule has 1 aromatic heterocycles. The van der Waals surface area contributed by atoms with Crippen molar-refractivity contribution in [2.24, 2.45) is 16.0 Å². The highest BCUT2D eigenvalue weighted by Crippen LogP contribution is 2.22. The molecule has 9 heteroatoms. The quantitative estimate of drug-likeness (QED) is 0.285. The van der Waals surface area contributed by atoms with Crippen LogP contribution < -0.4 is 21.5 Å². The third-order valence-corrected chi connectivity index (χ3v) is 3.15. The molecule has 2 rings (SSSR count). The van der Waals surface area contributed by atoms with Crippen molar-refractivity contribution in [3.8, 4) is 5.75 Å². The van der Waals surface area contributed by atoms with E-state index in [0.29, 0.717) is 30.2 Å². The highest BCUT2D eigenvalue weighted by Gasteiger charge is 2.06. The molecule has 9 nitrogen and oxygen atoms in total. The SMILES string of the molecule is NCC(=O)Nc1ccc(/N=N/CCCC(=O)Oc2ccccc2)c(N)n1. The number of aromatic nitrogens is 1. The van der Waals surface area contributed by atoms with Gasteiger partial charge in [0.15, 0.2) is 5.82 Å². The average Bonchev–Trinajstić information content (AvgIpc) is 2.63. The van der Waals surface area contributed by atoms with E-state index in [1.165, 1.54) is 0 Å². The molecule has 0 spiro atoms. The number of nitrogens with zero attached hydrogens (tertiary/aromatic N) is 3. The summed E-state index contributed by atoms with van der Waals surface area (Å²) in [4.78, 5) is 26.9. The number of anilines is 2. The van der Waals surface area contributed by atoms with Gasteiger partial charge in [0.25, 0.3) is 0 Å². The average molecular weight is 356 g/mol. The van der Waals surface area contributed by atoms with Crippen molar-refractivity contribution in [3.05, 3.63) is 42.5 Å². The lowest BCUT2D eigenvalue weighted by atomic mass is 10.3. The Kier molecular flexibility index (Phi) is 7.19. The number of nitrogens with two attached hydrogens (primary N) is 2. The van der Waals surface area contributed by atoms with Crippen molar-refractivity contribution in [1.29, 1.82) is 0 Å². The monoisotopic (exact) mass is 356 g/mol. The Morgan fingerprint density at radius 3 is 2.62 bits per heavy atom. The normalized spacial score (nSPS) is 10.7. The molecule has 0 bridgehead atoms. The smallest absolute Gasteiger partial charge is 0.311 e. The van der Waals surface area contributed by atoms with E-state index in [1.807, 2.05) is 6.07 Å². The Morgan fingerprint density at radius 2 is 1.92 bits per heavy atom. The van der Waals surface area contributed by atoms with E-state index in [4.69, 9.17) is 16.2 Å². The molecule has 0 fully saturated rings. The van der Waals surface area contributed by atoms with Crippen LogP contribution in [-0.2, 0) is 9.59 Å². The molecular weight excluding hydrogens is 336 g/mol. The molecule has 2 aromatic rings. The van der Waals surface area contributed by atoms with Crippen LogP contribution in [0.15, 0.2) is 52.7 Å². The summed E-state index contributed by atoms with van der Waals surface area (Å²) in [6.45, 7) is 0.199. The van der Waals surface area contributed by atoms with Crippen molar-refractivity contribution in [2.75, 3.05) is 24.1 Å². The van der Waals surface area contributed by atoms with Crippen LogP contribution in [0, 0.1) is 0 Å². The number of rotatable bonds is 8. The predicted molar refractivity (Wildman–Crippen MR) is 97.0 cm³/mol. The van der Waals surface area contributed by atoms with Crippen molar-refractivity contribution >= 4 is 29.2 Å². The summed E-state index contributed by atoms with van der Waals surface area (Å²) < 4.78 is 5.17. The first-order valence-corrected chi connectivity index (χ1v) is 7.98. The van der Waals surface area contributed by atoms with Gasteiger partial charge in [0.05, 0.1) is 13.1 Å². The number of amides is 1. The van der Waals surface area contributed by atoms with E-state index in [0.717, 1.165) is 0 Å². The lowest BCUT2D eigenvalue weighted by Crippen LogP contribution is -2.22. The summed E-state index contributed by atoms with van der Waals surface area (Å²) in [6.07, 6.45) is 0.721. The van der Waals surface area contributed by atoms with Gasteiger partial charge in [0.2, 0.25) is 5.91 Å². The Morgan fingerprint density at radius 1 is 1.15 bits per heavy atom. The number of azo groups is 1. The molecule has 1 heterocycles. The van der Waals surface area contributed by atoms with Crippen molar-refractivity contribution in [1.82, 2.24) is 4.98 Å². The first-order chi connectivity index (χ1) is 12.6. The van der Waals surface area contributed by atoms with Gasteiger partial charge in [-0.15, -0.1) is 0 Å². The number of pyridine rings is 1. The van der Waals surface area contributed by atoms with E-state index in [1.54, 1.807) is 36.4 Å². The van der Waals surface area contributed by atoms with Gasteiger partial charge in [-0.05, 0) is 30.7 Å². The molecule has 136 valence electrons. The maximum Gasteiger partial charge on any atom is 0.311 e. The first-order valence-electron chi connectivity index (χ1n) is 7.98. The minimum absolute atomic E-state index is 0.132. The van der Waals surface area contributed by atoms with E-state index in [2.05, 4.69) is 20.5 Å². The van der Waals surface area contributed by atoms with Crippen LogP contribution in [0.5, 0.6) is 5.75 Å². The highest BCUT2D eigenvalue weighted by molar-refractivity contribution is 5.91. The van der Waals surface area contributed by atoms with Crippen molar-refractivity contribution in [3.63, 3.8) is 0 Å². The van der Waals surface area contributed by atoms with E-state index < -0.39 is 0 Å². The maximum atomic E-state index is 11.7. The lowest BCUT2D eigenvalue weighted by Gasteiger charge is -2.04. The summed E-state index contributed by atoms with van der Waals surface area (Å²) in [5.74, 6) is 0.244. The molecule has 1 aromatic carbocycles. The topological polar surface area (TPSA) is 145 Å². The van der Waals surface area contributed by atoms with Crippen LogP contribution in [0.2, 0.25) is 0 Å². The summed E-state index contributed by atoms with van der Waals surface area (Å²) in [5, 5.41) is 10.4. The molecule has 0 saturated carbocycles. The number of nitrogen functional groups attached to an aromatic ring is 1. The van der Waals surface area contributed by atoms with Crippen LogP contribution in [-0.4, -0.2) is 29.9 Å². The zero-order valence-corrected chi connectivity index (χ0v) is 14.1. The first kappa shape index (κ1) is 19.0. The molecule has 0 radical (unpaired) electrons. The second kappa shape index (κ2) is 9.84. The number of hydrogen-bond acceptors (Lipinski definition) is 8. The van der Waals surface area contributed by atoms with Gasteiger partial charge >= 0.3 is 5.97 Å². The predicted octanol–water partition coefficient (Wildman–Crippen LogP) is 2.03. The zero-order valence-electron chi connectivity index (χ0n) is 14.1. The minimum Gasteiger partial charge on any atom is -0.427 e. The second-order valence-electron chi connectivity index (χ2n) is 5.21. The van der Waals surface area contributed by atoms with Gasteiger partial charge in [0, 0.05) is 6.42 Å². The van der Waals surface area contributed by atoms with Crippen molar-refractivity contribution < 1.29 is 14.3 Å². The summed E-state index contributed by atoms with van der Waals surface area (Å²) in [6, 6.07) is 12.0. The summed E-state index contributed by atoms with van der Waals surface area (Å²) >= 11 is 0. The van der Waals surface area contributed by atoms with Crippen LogP contribution in [0.1, 0.15) is 12.8 Å². The van der Waals surface area contributed by atoms with Gasteiger partial charge < -0.3 is 21.5 Å². The van der Waals surface area contributed by atoms with E-state index in [-0.39, 0.29) is 30.7 Å². The molecule has 1 amide bonds. The molecule has 0 aliphatic carbocycles. The van der Waals surface area contributed by atoms with Crippen LogP contribution in [0.3, 0.4) is 0 Å². The van der Waals surface area contributed by atoms with Crippen LogP contribution >= 0.6 is 0 Å². The summed E-state index contributed by atoms with van der Waals surface area (Å²) in [5.41, 5.74) is 11.4. The van der Waals surface area contributed by atoms with Gasteiger partial charge in [0.1, 0.15) is 17.3 Å². The number of benzene rings is 1. The minimum atomic E-state index is -0.367. The van der Waals surface area contributed by atoms with E-state index in [9.17, 15) is 9.59 Å². The standard InChI is InChI=1S/C17H20N6O3/c18-11-15(24)21-14-9-8-13(17(19)22-14)23-20-10-4-7-16(25)26-12-5-2-1-3-6-12/h1-3,5-6,8-9H,4,7,10-11,18H2,(H3,19,21,22,24)/b23-20+. The molecule has 0 saturated heterocycles. The number of carbonyl (C=O) groups is 2. The highest BCUT2D eigenvalue weighted by atomic mass is 16.5. The number of hydrogen-bond donors (Lipinski definition) is 3. The fourth-order valence-corrected chi connectivity index (χ4v) is 1.91. The zero-order chi connectivity index (χ0) is 18.8. The molecular formula is C17H20N6O3. The van der Waals surface area contributed by atoms with E-state index >= 15 is 0 Å². The number of nitrogens with one attached hydrogen (secondary N) is 1. The van der Waals surface area contributed by atoms with Crippen LogP contribution in [0.25, 0.3) is 0 Å². The summed E-state index contributed by atoms with van der Waals surface area (Å²) in [7, 11) is 0. The Bertz CT molecular complexity index is 779. The molecule has 0 atom stereocenters. The van der Waals surface area contributed by atoms with Crippen molar-refractivity contribution in [2.45, 2.75) is 12.8 Å². The number of para-hydroxylation sites is 1. The fourth-order valence-electron chi connectivity index (χ4n) is 1.91. The third-order valence-electron chi connectivity index (χ3n) is 3.15. The molecule has 26 heavy (non-hydrogen) atoms.